The Hall–Kier alpha value is -2.09. The average molecular weight is 430 g/mol. The molecule has 4 nitrogen and oxygen atoms in total. The molecule has 1 aliphatic heterocycles. The number of hydrogen-bond donors (Lipinski definition) is 0. The quantitative estimate of drug-likeness (QED) is 0.244. The fourth-order valence-electron chi connectivity index (χ4n) is 3.39. The topological polar surface area (TPSA) is 54.5 Å². The molecule has 4 heterocycles. The van der Waals surface area contributed by atoms with E-state index < -0.39 is 0 Å². The van der Waals surface area contributed by atoms with Gasteiger partial charge in [0.25, 0.3) is 11.8 Å². The van der Waals surface area contributed by atoms with Crippen molar-refractivity contribution >= 4 is 52.1 Å². The second kappa shape index (κ2) is 8.11. The molecule has 0 N–H and O–H groups in total. The average Bonchev–Trinajstić information content (AvgIpc) is 3.47. The zero-order chi connectivity index (χ0) is 19.7. The van der Waals surface area contributed by atoms with Crippen LogP contribution in [0.3, 0.4) is 0 Å². The highest BCUT2D eigenvalue weighted by Crippen LogP contribution is 2.48. The summed E-state index contributed by atoms with van der Waals surface area (Å²) >= 11 is 4.39. The van der Waals surface area contributed by atoms with Crippen molar-refractivity contribution in [3.63, 3.8) is 0 Å². The van der Waals surface area contributed by atoms with Crippen LogP contribution in [0.1, 0.15) is 63.0 Å². The van der Waals surface area contributed by atoms with E-state index in [1.165, 1.54) is 27.6 Å². The van der Waals surface area contributed by atoms with Crippen LogP contribution in [0.2, 0.25) is 0 Å². The van der Waals surface area contributed by atoms with Crippen molar-refractivity contribution in [2.75, 3.05) is 6.54 Å². The highest BCUT2D eigenvalue weighted by molar-refractivity contribution is 7.27. The van der Waals surface area contributed by atoms with Crippen LogP contribution in [0, 0.1) is 0 Å². The lowest BCUT2D eigenvalue weighted by Crippen LogP contribution is -2.31. The van der Waals surface area contributed by atoms with Crippen molar-refractivity contribution in [2.45, 2.75) is 32.6 Å². The summed E-state index contributed by atoms with van der Waals surface area (Å²) in [4.78, 5) is 43.0. The minimum Gasteiger partial charge on any atom is -0.297 e. The van der Waals surface area contributed by atoms with E-state index in [9.17, 15) is 14.4 Å². The van der Waals surface area contributed by atoms with Gasteiger partial charge in [-0.05, 0) is 30.0 Å². The normalized spacial score (nSPS) is 13.4. The van der Waals surface area contributed by atoms with E-state index in [1.54, 1.807) is 17.4 Å². The smallest absolute Gasteiger partial charge is 0.263 e. The first-order valence-electron chi connectivity index (χ1n) is 9.28. The summed E-state index contributed by atoms with van der Waals surface area (Å²) in [5, 5.41) is 1.97. The van der Waals surface area contributed by atoms with Gasteiger partial charge in [0.15, 0.2) is 6.29 Å². The largest absolute Gasteiger partial charge is 0.297 e. The van der Waals surface area contributed by atoms with Gasteiger partial charge in [-0.3, -0.25) is 19.3 Å². The number of carbonyl (C=O) groups excluding carboxylic acids is 3. The third kappa shape index (κ3) is 3.27. The summed E-state index contributed by atoms with van der Waals surface area (Å²) in [5.74, 6) is -0.388. The molecule has 0 saturated carbocycles. The van der Waals surface area contributed by atoms with Crippen molar-refractivity contribution < 1.29 is 14.4 Å². The number of carbonyl (C=O) groups is 3. The summed E-state index contributed by atoms with van der Waals surface area (Å²) in [5.41, 5.74) is 1.04. The summed E-state index contributed by atoms with van der Waals surface area (Å²) < 4.78 is 0. The van der Waals surface area contributed by atoms with Gasteiger partial charge < -0.3 is 0 Å². The Morgan fingerprint density at radius 3 is 2.29 bits per heavy atom. The van der Waals surface area contributed by atoms with Crippen LogP contribution < -0.4 is 0 Å². The second-order valence-corrected chi connectivity index (χ2v) is 9.71. The van der Waals surface area contributed by atoms with Gasteiger partial charge in [0, 0.05) is 16.3 Å². The van der Waals surface area contributed by atoms with Crippen molar-refractivity contribution in [2.24, 2.45) is 0 Å². The van der Waals surface area contributed by atoms with E-state index in [0.29, 0.717) is 22.5 Å². The first kappa shape index (κ1) is 19.2. The molecule has 3 aromatic heterocycles. The molecule has 7 heteroatoms. The Morgan fingerprint density at radius 1 is 0.929 bits per heavy atom. The van der Waals surface area contributed by atoms with Gasteiger partial charge in [-0.25, -0.2) is 0 Å². The van der Waals surface area contributed by atoms with Gasteiger partial charge in [0.2, 0.25) is 0 Å². The molecule has 1 aliphatic rings. The van der Waals surface area contributed by atoms with Gasteiger partial charge in [0.1, 0.15) is 0 Å². The molecule has 0 bridgehead atoms. The Labute approximate surface area is 175 Å². The number of unbranched alkanes of at least 4 members (excludes halogenated alkanes) is 3. The predicted molar refractivity (Wildman–Crippen MR) is 116 cm³/mol. The van der Waals surface area contributed by atoms with Crippen molar-refractivity contribution in [1.82, 2.24) is 4.90 Å². The molecule has 0 spiro atoms. The number of thiophene rings is 3. The molecular formula is C21H19NO3S3. The molecule has 0 aliphatic carbocycles. The maximum Gasteiger partial charge on any atom is 0.263 e. The summed E-state index contributed by atoms with van der Waals surface area (Å²) in [7, 11) is 0. The molecule has 144 valence electrons. The van der Waals surface area contributed by atoms with Gasteiger partial charge in [-0.2, -0.15) is 0 Å². The van der Waals surface area contributed by atoms with Crippen LogP contribution in [-0.4, -0.2) is 29.5 Å². The van der Waals surface area contributed by atoms with Gasteiger partial charge in [-0.15, -0.1) is 34.0 Å². The van der Waals surface area contributed by atoms with Crippen LogP contribution in [0.5, 0.6) is 0 Å². The van der Waals surface area contributed by atoms with Crippen LogP contribution in [-0.2, 0) is 0 Å². The van der Waals surface area contributed by atoms with Crippen LogP contribution in [0.4, 0.5) is 0 Å². The Bertz CT molecular complexity index is 1030. The lowest BCUT2D eigenvalue weighted by Gasteiger charge is -2.14. The fraction of sp³-hybridized carbons (Fsp3) is 0.286. The number of nitrogens with zero attached hydrogens (tertiary/aromatic N) is 1. The summed E-state index contributed by atoms with van der Waals surface area (Å²) in [6.07, 6.45) is 4.87. The molecular weight excluding hydrogens is 410 g/mol. The summed E-state index contributed by atoms with van der Waals surface area (Å²) in [6.45, 7) is 2.60. The molecule has 0 atom stereocenters. The van der Waals surface area contributed by atoms with Crippen molar-refractivity contribution in [3.8, 4) is 19.5 Å². The predicted octanol–water partition coefficient (Wildman–Crippen LogP) is 6.19. The molecule has 0 saturated heterocycles. The second-order valence-electron chi connectivity index (χ2n) is 6.63. The lowest BCUT2D eigenvalue weighted by molar-refractivity contribution is 0.0651. The van der Waals surface area contributed by atoms with E-state index in [2.05, 4.69) is 6.92 Å². The zero-order valence-corrected chi connectivity index (χ0v) is 17.8. The maximum atomic E-state index is 13.2. The van der Waals surface area contributed by atoms with Crippen molar-refractivity contribution in [3.05, 3.63) is 45.6 Å². The highest BCUT2D eigenvalue weighted by Gasteiger charge is 2.42. The third-order valence-corrected chi connectivity index (χ3v) is 8.20. The van der Waals surface area contributed by atoms with E-state index in [1.807, 2.05) is 23.6 Å². The van der Waals surface area contributed by atoms with Crippen molar-refractivity contribution in [1.29, 1.82) is 0 Å². The monoisotopic (exact) mass is 429 g/mol. The first-order valence-corrected chi connectivity index (χ1v) is 11.8. The van der Waals surface area contributed by atoms with Crippen LogP contribution in [0.25, 0.3) is 19.5 Å². The lowest BCUT2D eigenvalue weighted by atomic mass is 10.1. The molecule has 3 aromatic rings. The van der Waals surface area contributed by atoms with E-state index in [4.69, 9.17) is 0 Å². The van der Waals surface area contributed by atoms with E-state index in [0.717, 1.165) is 51.5 Å². The van der Waals surface area contributed by atoms with Gasteiger partial charge >= 0.3 is 0 Å². The number of imide groups is 1. The van der Waals surface area contributed by atoms with Crippen LogP contribution in [0.15, 0.2) is 29.6 Å². The molecule has 0 aromatic carbocycles. The standard InChI is InChI=1S/C21H19NO3S3/c1-2-3-4-5-10-22-20(24)16-17(21(22)25)19(15-9-8-13(12-23)27-15)28-18(16)14-7-6-11-26-14/h6-9,11-12H,2-5,10H2,1H3. The van der Waals surface area contributed by atoms with Gasteiger partial charge in [-0.1, -0.05) is 32.3 Å². The number of aldehydes is 1. The molecule has 0 radical (unpaired) electrons. The molecule has 28 heavy (non-hydrogen) atoms. The number of hydrogen-bond acceptors (Lipinski definition) is 6. The SMILES string of the molecule is CCCCCCN1C(=O)c2c(-c3cccs3)sc(-c3ccc(C=O)s3)c2C1=O. The zero-order valence-electron chi connectivity index (χ0n) is 15.4. The highest BCUT2D eigenvalue weighted by atomic mass is 32.1. The minimum atomic E-state index is -0.202. The Morgan fingerprint density at radius 2 is 1.68 bits per heavy atom. The van der Waals surface area contributed by atoms with Crippen LogP contribution >= 0.6 is 34.0 Å². The Kier molecular flexibility index (Phi) is 5.57. The number of rotatable bonds is 8. The maximum absolute atomic E-state index is 13.2. The first-order chi connectivity index (χ1) is 13.7. The third-order valence-electron chi connectivity index (χ3n) is 4.77. The molecule has 4 rings (SSSR count). The fourth-order valence-corrected chi connectivity index (χ4v) is 6.48. The Balaban J connectivity index is 1.77. The minimum absolute atomic E-state index is 0.186. The molecule has 0 unspecified atom stereocenters. The summed E-state index contributed by atoms with van der Waals surface area (Å²) in [6, 6.07) is 7.55. The number of amides is 2. The number of fused-ring (bicyclic) bond motifs is 1. The van der Waals surface area contributed by atoms with E-state index >= 15 is 0 Å². The molecule has 0 fully saturated rings. The van der Waals surface area contributed by atoms with E-state index in [-0.39, 0.29) is 11.8 Å². The molecule has 2 amide bonds. The van der Waals surface area contributed by atoms with Gasteiger partial charge in [0.05, 0.1) is 25.8 Å².